The first-order chi connectivity index (χ1) is 15.7. The van der Waals surface area contributed by atoms with Gasteiger partial charge in [-0.05, 0) is 53.8 Å². The fourth-order valence-corrected chi connectivity index (χ4v) is 4.45. The molecule has 1 aromatic carbocycles. The number of nitrogens with zero attached hydrogens (tertiary/aromatic N) is 7. The highest BCUT2D eigenvalue weighted by Crippen LogP contribution is 2.41. The van der Waals surface area contributed by atoms with Crippen molar-refractivity contribution in [3.63, 3.8) is 0 Å². The molecule has 160 valence electrons. The van der Waals surface area contributed by atoms with Gasteiger partial charge in [-0.2, -0.15) is 4.80 Å². The first-order valence-corrected chi connectivity index (χ1v) is 10.4. The number of rotatable bonds is 5. The maximum Gasteiger partial charge on any atom is 0.415 e. The van der Waals surface area contributed by atoms with Crippen LogP contribution >= 0.6 is 0 Å². The molecule has 1 saturated heterocycles. The summed E-state index contributed by atoms with van der Waals surface area (Å²) in [5.41, 5.74) is 5.61. The van der Waals surface area contributed by atoms with Crippen LogP contribution in [0, 0.1) is 0 Å². The molecule has 1 fully saturated rings. The molecule has 0 aliphatic carbocycles. The van der Waals surface area contributed by atoms with Gasteiger partial charge in [-0.1, -0.05) is 17.3 Å². The van der Waals surface area contributed by atoms with Crippen LogP contribution in [-0.2, 0) is 24.6 Å². The average Bonchev–Trinajstić information content (AvgIpc) is 3.58. The smallest absolute Gasteiger partial charge is 0.415 e. The van der Waals surface area contributed by atoms with Crippen LogP contribution in [0.5, 0.6) is 0 Å². The number of anilines is 1. The molecule has 2 aliphatic rings. The normalized spacial score (nSPS) is 19.2. The van der Waals surface area contributed by atoms with Gasteiger partial charge in [0.2, 0.25) is 5.82 Å². The second-order valence-corrected chi connectivity index (χ2v) is 7.97. The summed E-state index contributed by atoms with van der Waals surface area (Å²) in [7, 11) is 1.72. The summed E-state index contributed by atoms with van der Waals surface area (Å²) in [6.07, 6.45) is 5.08. The maximum absolute atomic E-state index is 12.6. The highest BCUT2D eigenvalue weighted by Gasteiger charge is 2.47. The predicted octanol–water partition coefficient (Wildman–Crippen LogP) is 2.81. The van der Waals surface area contributed by atoms with Crippen LogP contribution in [0.25, 0.3) is 22.6 Å². The Morgan fingerprint density at radius 3 is 2.81 bits per heavy atom. The lowest BCUT2D eigenvalue weighted by atomic mass is 9.99. The summed E-state index contributed by atoms with van der Waals surface area (Å²) in [5.74, 6) is 0.490. The lowest BCUT2D eigenvalue weighted by Crippen LogP contribution is -2.33. The van der Waals surface area contributed by atoms with Gasteiger partial charge in [-0.15, -0.1) is 10.2 Å². The molecule has 0 N–H and O–H groups in total. The van der Waals surface area contributed by atoms with E-state index in [2.05, 4.69) is 31.6 Å². The molecule has 2 atom stereocenters. The summed E-state index contributed by atoms with van der Waals surface area (Å²) >= 11 is 0. The molecule has 32 heavy (non-hydrogen) atoms. The van der Waals surface area contributed by atoms with E-state index in [0.717, 1.165) is 34.5 Å². The number of amides is 1. The minimum atomic E-state index is -0.283. The molecule has 0 saturated carbocycles. The Morgan fingerprint density at radius 2 is 2.06 bits per heavy atom. The van der Waals surface area contributed by atoms with Gasteiger partial charge in [0, 0.05) is 17.8 Å². The number of aromatic nitrogens is 6. The van der Waals surface area contributed by atoms with Crippen molar-refractivity contribution in [2.24, 2.45) is 7.05 Å². The van der Waals surface area contributed by atoms with Crippen LogP contribution < -0.4 is 4.90 Å². The second kappa shape index (κ2) is 7.26. The standard InChI is InChI=1S/C22H19N7O3/c1-28-25-21(24-27-28)17-5-2-14(12-23-17)13-3-6-18-15(10-13)11-19-20(32-22(30)29(18)19)7-4-16-8-9-31-26-16/h2-3,5-6,8-10,12,19-20H,4,7,11H2,1H3/t19-,20-/m0/s1. The molecule has 0 bridgehead atoms. The summed E-state index contributed by atoms with van der Waals surface area (Å²) in [6, 6.07) is 11.8. The zero-order valence-electron chi connectivity index (χ0n) is 17.3. The third-order valence-corrected chi connectivity index (χ3v) is 5.99. The van der Waals surface area contributed by atoms with Gasteiger partial charge in [0.25, 0.3) is 0 Å². The molecule has 10 nitrogen and oxygen atoms in total. The monoisotopic (exact) mass is 429 g/mol. The third-order valence-electron chi connectivity index (χ3n) is 5.99. The van der Waals surface area contributed by atoms with E-state index in [1.807, 2.05) is 30.3 Å². The number of carbonyl (C=O) groups excluding carboxylic acids is 1. The van der Waals surface area contributed by atoms with Gasteiger partial charge in [0.05, 0.1) is 24.5 Å². The summed E-state index contributed by atoms with van der Waals surface area (Å²) in [4.78, 5) is 20.2. The van der Waals surface area contributed by atoms with E-state index in [0.29, 0.717) is 24.4 Å². The van der Waals surface area contributed by atoms with Crippen molar-refractivity contribution in [2.45, 2.75) is 31.4 Å². The number of cyclic esters (lactones) is 1. The zero-order chi connectivity index (χ0) is 21.7. The molecule has 4 aromatic rings. The Balaban J connectivity index is 1.22. The number of aryl methyl sites for hydroxylation is 2. The van der Waals surface area contributed by atoms with Gasteiger partial charge in [-0.25, -0.2) is 4.79 Å². The minimum absolute atomic E-state index is 0.00267. The molecule has 0 radical (unpaired) electrons. The fourth-order valence-electron chi connectivity index (χ4n) is 4.45. The molecular formula is C22H19N7O3. The van der Waals surface area contributed by atoms with Crippen molar-refractivity contribution in [3.05, 3.63) is 60.1 Å². The molecule has 1 amide bonds. The van der Waals surface area contributed by atoms with Gasteiger partial charge in [-0.3, -0.25) is 9.88 Å². The molecule has 2 aliphatic heterocycles. The van der Waals surface area contributed by atoms with E-state index in [4.69, 9.17) is 9.26 Å². The number of ether oxygens (including phenoxy) is 1. The Morgan fingerprint density at radius 1 is 1.16 bits per heavy atom. The van der Waals surface area contributed by atoms with Gasteiger partial charge in [0.15, 0.2) is 0 Å². The maximum atomic E-state index is 12.6. The molecule has 10 heteroatoms. The molecule has 0 spiro atoms. The molecule has 3 aromatic heterocycles. The summed E-state index contributed by atoms with van der Waals surface area (Å²) in [6.45, 7) is 0. The largest absolute Gasteiger partial charge is 0.444 e. The van der Waals surface area contributed by atoms with Crippen LogP contribution in [0.4, 0.5) is 10.5 Å². The van der Waals surface area contributed by atoms with E-state index in [-0.39, 0.29) is 18.2 Å². The third kappa shape index (κ3) is 3.11. The van der Waals surface area contributed by atoms with E-state index < -0.39 is 0 Å². The molecule has 5 heterocycles. The average molecular weight is 429 g/mol. The SMILES string of the molecule is Cn1nnc(-c2ccc(-c3ccc4c(c3)C[C@H]3[C@H](CCc5ccon5)OC(=O)N43)cn2)n1. The van der Waals surface area contributed by atoms with Crippen molar-refractivity contribution < 1.29 is 14.1 Å². The minimum Gasteiger partial charge on any atom is -0.444 e. The van der Waals surface area contributed by atoms with Gasteiger partial charge in [0.1, 0.15) is 18.1 Å². The number of hydrogen-bond acceptors (Lipinski definition) is 8. The van der Waals surface area contributed by atoms with Crippen molar-refractivity contribution in [1.29, 1.82) is 0 Å². The summed E-state index contributed by atoms with van der Waals surface area (Å²) < 4.78 is 10.5. The van der Waals surface area contributed by atoms with Crippen LogP contribution in [0.2, 0.25) is 0 Å². The Labute approximate surface area is 182 Å². The van der Waals surface area contributed by atoms with Crippen LogP contribution in [0.3, 0.4) is 0 Å². The highest BCUT2D eigenvalue weighted by atomic mass is 16.6. The number of pyridine rings is 1. The molecule has 0 unspecified atom stereocenters. The molecule has 6 rings (SSSR count). The topological polar surface area (TPSA) is 112 Å². The van der Waals surface area contributed by atoms with Crippen molar-refractivity contribution in [3.8, 4) is 22.6 Å². The number of benzene rings is 1. The van der Waals surface area contributed by atoms with E-state index in [1.165, 1.54) is 4.80 Å². The van der Waals surface area contributed by atoms with Crippen LogP contribution in [-0.4, -0.2) is 48.6 Å². The zero-order valence-corrected chi connectivity index (χ0v) is 17.3. The lowest BCUT2D eigenvalue weighted by molar-refractivity contribution is 0.125. The number of tetrazole rings is 1. The van der Waals surface area contributed by atoms with Gasteiger partial charge >= 0.3 is 6.09 Å². The van der Waals surface area contributed by atoms with Crippen LogP contribution in [0.15, 0.2) is 53.4 Å². The quantitative estimate of drug-likeness (QED) is 0.476. The molecular weight excluding hydrogens is 410 g/mol. The van der Waals surface area contributed by atoms with Crippen molar-refractivity contribution >= 4 is 11.8 Å². The van der Waals surface area contributed by atoms with Crippen molar-refractivity contribution in [2.75, 3.05) is 4.90 Å². The Hall–Kier alpha value is -4.08. The van der Waals surface area contributed by atoms with E-state index >= 15 is 0 Å². The first-order valence-electron chi connectivity index (χ1n) is 10.4. The van der Waals surface area contributed by atoms with E-state index in [1.54, 1.807) is 24.4 Å². The predicted molar refractivity (Wildman–Crippen MR) is 113 cm³/mol. The number of fused-ring (bicyclic) bond motifs is 3. The Kier molecular flexibility index (Phi) is 4.23. The number of hydrogen-bond donors (Lipinski definition) is 0. The highest BCUT2D eigenvalue weighted by molar-refractivity contribution is 5.94. The van der Waals surface area contributed by atoms with E-state index in [9.17, 15) is 4.79 Å². The summed E-state index contributed by atoms with van der Waals surface area (Å²) in [5, 5.41) is 16.0. The second-order valence-electron chi connectivity index (χ2n) is 7.97. The van der Waals surface area contributed by atoms with Crippen LogP contribution in [0.1, 0.15) is 17.7 Å². The first kappa shape index (κ1) is 18.7. The Bertz CT molecular complexity index is 1280. The van der Waals surface area contributed by atoms with Gasteiger partial charge < -0.3 is 9.26 Å². The fraction of sp³-hybridized carbons (Fsp3) is 0.273. The lowest BCUT2D eigenvalue weighted by Gasteiger charge is -2.16. The number of carbonyl (C=O) groups is 1. The van der Waals surface area contributed by atoms with Crippen molar-refractivity contribution in [1.82, 2.24) is 30.3 Å².